The van der Waals surface area contributed by atoms with Gasteiger partial charge in [-0.2, -0.15) is 0 Å². The number of hydrogen-bond acceptors (Lipinski definition) is 5. The van der Waals surface area contributed by atoms with Crippen molar-refractivity contribution in [1.29, 1.82) is 0 Å². The monoisotopic (exact) mass is 375 g/mol. The summed E-state index contributed by atoms with van der Waals surface area (Å²) in [5.74, 6) is 1.05. The van der Waals surface area contributed by atoms with Gasteiger partial charge in [-0.25, -0.2) is 4.98 Å². The second kappa shape index (κ2) is 8.28. The summed E-state index contributed by atoms with van der Waals surface area (Å²) in [6, 6.07) is 11.5. The Kier molecular flexibility index (Phi) is 5.85. The van der Waals surface area contributed by atoms with E-state index in [1.807, 2.05) is 41.8 Å². The fourth-order valence-corrected chi connectivity index (χ4v) is 3.75. The number of hydrogen-bond donors (Lipinski definition) is 1. The molecule has 122 valence electrons. The molecule has 0 aliphatic carbocycles. The summed E-state index contributed by atoms with van der Waals surface area (Å²) in [4.78, 5) is 20.5. The lowest BCUT2D eigenvalue weighted by Gasteiger charge is -2.03. The molecule has 0 aliphatic heterocycles. The van der Waals surface area contributed by atoms with Crippen LogP contribution in [0, 0.1) is 0 Å². The zero-order valence-corrected chi connectivity index (χ0v) is 15.0. The highest BCUT2D eigenvalue weighted by Crippen LogP contribution is 2.24. The van der Waals surface area contributed by atoms with Crippen molar-refractivity contribution in [3.05, 3.63) is 64.8 Å². The Morgan fingerprint density at radius 1 is 1.29 bits per heavy atom. The van der Waals surface area contributed by atoms with Crippen molar-refractivity contribution in [2.45, 2.75) is 5.75 Å². The van der Waals surface area contributed by atoms with Crippen molar-refractivity contribution in [2.24, 2.45) is 0 Å². The van der Waals surface area contributed by atoms with Crippen LogP contribution in [0.5, 0.6) is 0 Å². The van der Waals surface area contributed by atoms with E-state index < -0.39 is 0 Å². The van der Waals surface area contributed by atoms with Gasteiger partial charge >= 0.3 is 0 Å². The Labute approximate surface area is 153 Å². The molecule has 7 heteroatoms. The van der Waals surface area contributed by atoms with Crippen LogP contribution in [0.15, 0.2) is 54.2 Å². The molecule has 0 fully saturated rings. The normalized spacial score (nSPS) is 10.5. The van der Waals surface area contributed by atoms with Crippen molar-refractivity contribution in [1.82, 2.24) is 9.97 Å². The van der Waals surface area contributed by atoms with E-state index in [4.69, 9.17) is 11.6 Å². The van der Waals surface area contributed by atoms with Crippen LogP contribution in [0.3, 0.4) is 0 Å². The Morgan fingerprint density at radius 3 is 3.00 bits per heavy atom. The molecule has 0 bridgehead atoms. The zero-order chi connectivity index (χ0) is 16.8. The van der Waals surface area contributed by atoms with E-state index in [-0.39, 0.29) is 5.91 Å². The number of nitrogens with zero attached hydrogens (tertiary/aromatic N) is 2. The summed E-state index contributed by atoms with van der Waals surface area (Å²) >= 11 is 8.90. The standard InChI is InChI=1S/C17H14ClN3OS2/c18-14-5-1-3-12(7-14)9-23-11-16(22)21-17-20-15(10-24-17)13-4-2-6-19-8-13/h1-8,10H,9,11H2,(H,20,21,22). The lowest BCUT2D eigenvalue weighted by atomic mass is 10.2. The van der Waals surface area contributed by atoms with Crippen LogP contribution in [0.2, 0.25) is 5.02 Å². The van der Waals surface area contributed by atoms with Crippen LogP contribution in [-0.2, 0) is 10.5 Å². The molecule has 1 N–H and O–H groups in total. The minimum Gasteiger partial charge on any atom is -0.301 e. The Balaban J connectivity index is 1.49. The molecule has 3 aromatic rings. The number of nitrogens with one attached hydrogen (secondary N) is 1. The van der Waals surface area contributed by atoms with Gasteiger partial charge in [-0.15, -0.1) is 23.1 Å². The first-order chi connectivity index (χ1) is 11.7. The maximum atomic E-state index is 12.0. The molecule has 2 aromatic heterocycles. The quantitative estimate of drug-likeness (QED) is 0.676. The summed E-state index contributed by atoms with van der Waals surface area (Å²) < 4.78 is 0. The van der Waals surface area contributed by atoms with Crippen molar-refractivity contribution >= 4 is 45.7 Å². The number of benzene rings is 1. The minimum absolute atomic E-state index is 0.0610. The zero-order valence-electron chi connectivity index (χ0n) is 12.6. The van der Waals surface area contributed by atoms with Crippen LogP contribution >= 0.6 is 34.7 Å². The Morgan fingerprint density at radius 2 is 2.21 bits per heavy atom. The predicted molar refractivity (Wildman–Crippen MR) is 102 cm³/mol. The third kappa shape index (κ3) is 4.80. The molecule has 24 heavy (non-hydrogen) atoms. The molecule has 0 saturated heterocycles. The summed E-state index contributed by atoms with van der Waals surface area (Å²) in [5.41, 5.74) is 2.85. The van der Waals surface area contributed by atoms with Crippen molar-refractivity contribution in [3.63, 3.8) is 0 Å². The second-order valence-corrected chi connectivity index (χ2v) is 7.23. The van der Waals surface area contributed by atoms with Crippen LogP contribution < -0.4 is 5.32 Å². The van der Waals surface area contributed by atoms with Crippen molar-refractivity contribution in [2.75, 3.05) is 11.1 Å². The molecule has 1 amide bonds. The molecule has 2 heterocycles. The minimum atomic E-state index is -0.0610. The Bertz CT molecular complexity index is 823. The fraction of sp³-hybridized carbons (Fsp3) is 0.118. The number of pyridine rings is 1. The van der Waals surface area contributed by atoms with Crippen LogP contribution in [0.4, 0.5) is 5.13 Å². The predicted octanol–water partition coefficient (Wildman–Crippen LogP) is 4.73. The average molecular weight is 376 g/mol. The fourth-order valence-electron chi connectivity index (χ4n) is 2.02. The highest BCUT2D eigenvalue weighted by molar-refractivity contribution is 7.99. The lowest BCUT2D eigenvalue weighted by Crippen LogP contribution is -2.13. The van der Waals surface area contributed by atoms with E-state index in [9.17, 15) is 4.79 Å². The largest absolute Gasteiger partial charge is 0.301 e. The SMILES string of the molecule is O=C(CSCc1cccc(Cl)c1)Nc1nc(-c2cccnc2)cs1. The first kappa shape index (κ1) is 17.0. The summed E-state index contributed by atoms with van der Waals surface area (Å²) in [6.45, 7) is 0. The van der Waals surface area contributed by atoms with Gasteiger partial charge in [-0.05, 0) is 29.8 Å². The molecule has 4 nitrogen and oxygen atoms in total. The van der Waals surface area contributed by atoms with Gasteiger partial charge in [0, 0.05) is 34.1 Å². The highest BCUT2D eigenvalue weighted by Gasteiger charge is 2.08. The van der Waals surface area contributed by atoms with Crippen molar-refractivity contribution in [3.8, 4) is 11.3 Å². The van der Waals surface area contributed by atoms with Crippen LogP contribution in [-0.4, -0.2) is 21.6 Å². The topological polar surface area (TPSA) is 54.9 Å². The van der Waals surface area contributed by atoms with Gasteiger partial charge in [-0.3, -0.25) is 9.78 Å². The van der Waals surface area contributed by atoms with E-state index in [1.165, 1.54) is 11.3 Å². The van der Waals surface area contributed by atoms with Gasteiger partial charge < -0.3 is 5.32 Å². The number of anilines is 1. The Hall–Kier alpha value is -1.89. The van der Waals surface area contributed by atoms with E-state index in [2.05, 4.69) is 15.3 Å². The maximum absolute atomic E-state index is 12.0. The molecule has 0 saturated carbocycles. The number of carbonyl (C=O) groups is 1. The molecule has 0 atom stereocenters. The van der Waals surface area contributed by atoms with Gasteiger partial charge in [0.25, 0.3) is 0 Å². The number of thioether (sulfide) groups is 1. The van der Waals surface area contributed by atoms with Crippen molar-refractivity contribution < 1.29 is 4.79 Å². The maximum Gasteiger partial charge on any atom is 0.236 e. The number of carbonyl (C=O) groups excluding carboxylic acids is 1. The van der Waals surface area contributed by atoms with E-state index in [1.54, 1.807) is 24.2 Å². The molecule has 0 aliphatic rings. The number of aromatic nitrogens is 2. The molecular weight excluding hydrogens is 362 g/mol. The summed E-state index contributed by atoms with van der Waals surface area (Å²) in [6.07, 6.45) is 3.47. The van der Waals surface area contributed by atoms with Crippen LogP contribution in [0.1, 0.15) is 5.56 Å². The molecule has 0 radical (unpaired) electrons. The lowest BCUT2D eigenvalue weighted by molar-refractivity contribution is -0.113. The second-order valence-electron chi connectivity index (χ2n) is 4.95. The smallest absolute Gasteiger partial charge is 0.236 e. The number of amides is 1. The van der Waals surface area contributed by atoms with Crippen LogP contribution in [0.25, 0.3) is 11.3 Å². The molecule has 0 spiro atoms. The molecular formula is C17H14ClN3OS2. The first-order valence-electron chi connectivity index (χ1n) is 7.19. The number of thiazole rings is 1. The summed E-state index contributed by atoms with van der Waals surface area (Å²) in [7, 11) is 0. The third-order valence-corrected chi connectivity index (χ3v) is 5.10. The van der Waals surface area contributed by atoms with E-state index in [0.29, 0.717) is 15.9 Å². The van der Waals surface area contributed by atoms with Gasteiger partial charge in [0.05, 0.1) is 11.4 Å². The first-order valence-corrected chi connectivity index (χ1v) is 9.60. The third-order valence-electron chi connectivity index (χ3n) is 3.10. The highest BCUT2D eigenvalue weighted by atomic mass is 35.5. The molecule has 3 rings (SSSR count). The van der Waals surface area contributed by atoms with E-state index >= 15 is 0 Å². The van der Waals surface area contributed by atoms with Gasteiger partial charge in [-0.1, -0.05) is 23.7 Å². The van der Waals surface area contributed by atoms with Gasteiger partial charge in [0.1, 0.15) is 0 Å². The molecule has 1 aromatic carbocycles. The summed E-state index contributed by atoms with van der Waals surface area (Å²) in [5, 5.41) is 6.05. The number of halogens is 1. The van der Waals surface area contributed by atoms with Gasteiger partial charge in [0.15, 0.2) is 5.13 Å². The number of rotatable bonds is 6. The van der Waals surface area contributed by atoms with Gasteiger partial charge in [0.2, 0.25) is 5.91 Å². The van der Waals surface area contributed by atoms with E-state index in [0.717, 1.165) is 22.6 Å². The molecule has 0 unspecified atom stereocenters. The average Bonchev–Trinajstić information content (AvgIpc) is 3.04.